The molecule has 1 aromatic carbocycles. The molecule has 0 bridgehead atoms. The van der Waals surface area contributed by atoms with Crippen molar-refractivity contribution in [3.8, 4) is 5.69 Å². The molecule has 1 aromatic heterocycles. The van der Waals surface area contributed by atoms with Gasteiger partial charge in [-0.3, -0.25) is 4.79 Å². The lowest BCUT2D eigenvalue weighted by Gasteiger charge is -2.27. The molecule has 1 amide bonds. The van der Waals surface area contributed by atoms with Crippen molar-refractivity contribution >= 4 is 5.91 Å². The Hall–Kier alpha value is -2.14. The molecule has 0 aliphatic heterocycles. The van der Waals surface area contributed by atoms with Crippen molar-refractivity contribution in [1.29, 1.82) is 0 Å². The van der Waals surface area contributed by atoms with Crippen LogP contribution in [-0.2, 0) is 0 Å². The number of hydrogen-bond donors (Lipinski definition) is 1. The fourth-order valence-corrected chi connectivity index (χ4v) is 2.48. The second-order valence-electron chi connectivity index (χ2n) is 6.55. The molecule has 5 heteroatoms. The van der Waals surface area contributed by atoms with Crippen LogP contribution in [0.2, 0.25) is 0 Å². The zero-order valence-electron chi connectivity index (χ0n) is 14.5. The molecule has 0 fully saturated rings. The van der Waals surface area contributed by atoms with Gasteiger partial charge in [0.2, 0.25) is 0 Å². The van der Waals surface area contributed by atoms with E-state index in [-0.39, 0.29) is 12.5 Å². The molecule has 0 aliphatic carbocycles. The zero-order chi connectivity index (χ0) is 17.2. The first-order valence-electron chi connectivity index (χ1n) is 7.86. The standard InChI is InChI=1S/C18H25N3O2/c1-6-20(12-18(4,5)23)17(22)16-11-14(3)21(19-16)15-9-7-13(2)8-10-15/h7-11,23H,6,12H2,1-5H3. The van der Waals surface area contributed by atoms with Crippen molar-refractivity contribution in [3.63, 3.8) is 0 Å². The Labute approximate surface area is 137 Å². The summed E-state index contributed by atoms with van der Waals surface area (Å²) in [6, 6.07) is 9.79. The molecule has 0 aliphatic rings. The van der Waals surface area contributed by atoms with Gasteiger partial charge in [0, 0.05) is 18.8 Å². The second kappa shape index (κ2) is 6.54. The number of benzene rings is 1. The Kier molecular flexibility index (Phi) is 4.90. The van der Waals surface area contributed by atoms with Gasteiger partial charge in [0.25, 0.3) is 5.91 Å². The van der Waals surface area contributed by atoms with Crippen LogP contribution in [0.4, 0.5) is 0 Å². The van der Waals surface area contributed by atoms with Gasteiger partial charge in [0.05, 0.1) is 11.3 Å². The number of amides is 1. The van der Waals surface area contributed by atoms with Crippen LogP contribution in [0.15, 0.2) is 30.3 Å². The molecule has 1 heterocycles. The van der Waals surface area contributed by atoms with Crippen molar-refractivity contribution in [2.75, 3.05) is 13.1 Å². The minimum absolute atomic E-state index is 0.163. The molecule has 0 unspecified atom stereocenters. The number of aliphatic hydroxyl groups is 1. The van der Waals surface area contributed by atoms with E-state index in [1.165, 1.54) is 5.56 Å². The fourth-order valence-electron chi connectivity index (χ4n) is 2.48. The molecule has 5 nitrogen and oxygen atoms in total. The molecule has 1 N–H and O–H groups in total. The summed E-state index contributed by atoms with van der Waals surface area (Å²) in [4.78, 5) is 14.3. The largest absolute Gasteiger partial charge is 0.389 e. The fraction of sp³-hybridized carbons (Fsp3) is 0.444. The monoisotopic (exact) mass is 315 g/mol. The summed E-state index contributed by atoms with van der Waals surface area (Å²) < 4.78 is 1.77. The minimum atomic E-state index is -0.930. The van der Waals surface area contributed by atoms with Crippen LogP contribution >= 0.6 is 0 Å². The smallest absolute Gasteiger partial charge is 0.274 e. The summed E-state index contributed by atoms with van der Waals surface area (Å²) in [7, 11) is 0. The maximum Gasteiger partial charge on any atom is 0.274 e. The van der Waals surface area contributed by atoms with Crippen LogP contribution in [0.25, 0.3) is 5.69 Å². The van der Waals surface area contributed by atoms with Gasteiger partial charge >= 0.3 is 0 Å². The van der Waals surface area contributed by atoms with Crippen molar-refractivity contribution in [2.24, 2.45) is 0 Å². The van der Waals surface area contributed by atoms with Gasteiger partial charge in [-0.25, -0.2) is 4.68 Å². The zero-order valence-corrected chi connectivity index (χ0v) is 14.5. The minimum Gasteiger partial charge on any atom is -0.389 e. The van der Waals surface area contributed by atoms with Crippen LogP contribution in [0.3, 0.4) is 0 Å². The van der Waals surface area contributed by atoms with Gasteiger partial charge in [-0.05, 0) is 52.8 Å². The number of aryl methyl sites for hydroxylation is 2. The molecule has 0 saturated heterocycles. The average Bonchev–Trinajstić information content (AvgIpc) is 2.86. The highest BCUT2D eigenvalue weighted by Crippen LogP contribution is 2.15. The average molecular weight is 315 g/mol. The summed E-state index contributed by atoms with van der Waals surface area (Å²) in [5.74, 6) is -0.163. The molecule has 2 aromatic rings. The Bertz CT molecular complexity index is 681. The molecule has 0 saturated carbocycles. The maximum atomic E-state index is 12.6. The van der Waals surface area contributed by atoms with E-state index < -0.39 is 5.60 Å². The summed E-state index contributed by atoms with van der Waals surface area (Å²) in [6.45, 7) is 10.0. The Balaban J connectivity index is 2.29. The van der Waals surface area contributed by atoms with E-state index in [0.29, 0.717) is 12.2 Å². The van der Waals surface area contributed by atoms with Crippen LogP contribution in [0, 0.1) is 13.8 Å². The van der Waals surface area contributed by atoms with Crippen LogP contribution in [0.5, 0.6) is 0 Å². The second-order valence-corrected chi connectivity index (χ2v) is 6.55. The van der Waals surface area contributed by atoms with Crippen LogP contribution in [0.1, 0.15) is 42.5 Å². The SMILES string of the molecule is CCN(CC(C)(C)O)C(=O)c1cc(C)n(-c2ccc(C)cc2)n1. The van der Waals surface area contributed by atoms with E-state index in [1.807, 2.05) is 45.0 Å². The Morgan fingerprint density at radius 1 is 1.26 bits per heavy atom. The van der Waals surface area contributed by atoms with E-state index in [2.05, 4.69) is 5.10 Å². The number of likely N-dealkylation sites (N-methyl/N-ethyl adjacent to an activating group) is 1. The topological polar surface area (TPSA) is 58.4 Å². The van der Waals surface area contributed by atoms with Crippen LogP contribution < -0.4 is 0 Å². The first-order chi connectivity index (χ1) is 10.7. The lowest BCUT2D eigenvalue weighted by molar-refractivity contribution is 0.0311. The number of carbonyl (C=O) groups is 1. The molecule has 0 radical (unpaired) electrons. The molecular weight excluding hydrogens is 290 g/mol. The third-order valence-corrected chi connectivity index (χ3v) is 3.63. The molecule has 2 rings (SSSR count). The first-order valence-corrected chi connectivity index (χ1v) is 7.86. The first kappa shape index (κ1) is 17.2. The highest BCUT2D eigenvalue weighted by Gasteiger charge is 2.24. The van der Waals surface area contributed by atoms with E-state index in [4.69, 9.17) is 0 Å². The Morgan fingerprint density at radius 3 is 2.39 bits per heavy atom. The Morgan fingerprint density at radius 2 is 1.87 bits per heavy atom. The van der Waals surface area contributed by atoms with Gasteiger partial charge in [-0.1, -0.05) is 17.7 Å². The highest BCUT2D eigenvalue weighted by atomic mass is 16.3. The van der Waals surface area contributed by atoms with Gasteiger partial charge in [0.15, 0.2) is 5.69 Å². The van der Waals surface area contributed by atoms with Crippen molar-refractivity contribution < 1.29 is 9.90 Å². The lowest BCUT2D eigenvalue weighted by atomic mass is 10.1. The quantitative estimate of drug-likeness (QED) is 0.923. The molecular formula is C18H25N3O2. The van der Waals surface area contributed by atoms with Gasteiger partial charge in [0.1, 0.15) is 0 Å². The summed E-state index contributed by atoms with van der Waals surface area (Å²) in [5, 5.41) is 14.4. The molecule has 124 valence electrons. The third-order valence-electron chi connectivity index (χ3n) is 3.63. The number of aromatic nitrogens is 2. The predicted octanol–water partition coefficient (Wildman–Crippen LogP) is 2.72. The number of nitrogens with zero attached hydrogens (tertiary/aromatic N) is 3. The van der Waals surface area contributed by atoms with E-state index in [1.54, 1.807) is 29.5 Å². The molecule has 0 spiro atoms. The molecule has 0 atom stereocenters. The summed E-state index contributed by atoms with van der Waals surface area (Å²) in [6.07, 6.45) is 0. The van der Waals surface area contributed by atoms with E-state index >= 15 is 0 Å². The van der Waals surface area contributed by atoms with Gasteiger partial charge in [-0.15, -0.1) is 0 Å². The van der Waals surface area contributed by atoms with E-state index in [0.717, 1.165) is 11.4 Å². The van der Waals surface area contributed by atoms with Crippen molar-refractivity contribution in [3.05, 3.63) is 47.3 Å². The maximum absolute atomic E-state index is 12.6. The summed E-state index contributed by atoms with van der Waals surface area (Å²) in [5.41, 5.74) is 2.47. The van der Waals surface area contributed by atoms with Crippen LogP contribution in [-0.4, -0.2) is 44.4 Å². The summed E-state index contributed by atoms with van der Waals surface area (Å²) >= 11 is 0. The third kappa shape index (κ3) is 4.20. The van der Waals surface area contributed by atoms with Gasteiger partial charge in [-0.2, -0.15) is 5.10 Å². The highest BCUT2D eigenvalue weighted by molar-refractivity contribution is 5.92. The lowest BCUT2D eigenvalue weighted by Crippen LogP contribution is -2.42. The van der Waals surface area contributed by atoms with E-state index in [9.17, 15) is 9.90 Å². The normalized spacial score (nSPS) is 11.6. The van der Waals surface area contributed by atoms with Crippen molar-refractivity contribution in [1.82, 2.24) is 14.7 Å². The number of rotatable bonds is 5. The number of hydrogen-bond acceptors (Lipinski definition) is 3. The predicted molar refractivity (Wildman–Crippen MR) is 90.9 cm³/mol. The van der Waals surface area contributed by atoms with Crippen molar-refractivity contribution in [2.45, 2.75) is 40.2 Å². The van der Waals surface area contributed by atoms with Gasteiger partial charge < -0.3 is 10.0 Å². The number of carbonyl (C=O) groups excluding carboxylic acids is 1. The molecule has 23 heavy (non-hydrogen) atoms.